The van der Waals surface area contributed by atoms with Crippen LogP contribution < -0.4 is 9.47 Å². The van der Waals surface area contributed by atoms with Crippen molar-refractivity contribution in [1.29, 1.82) is 0 Å². The number of ether oxygens (including phenoxy) is 2. The molecule has 3 nitrogen and oxygen atoms in total. The quantitative estimate of drug-likeness (QED) is 0.759. The molecule has 0 aliphatic carbocycles. The van der Waals surface area contributed by atoms with Crippen LogP contribution in [0.15, 0.2) is 0 Å². The molecule has 0 N–H and O–H groups in total. The van der Waals surface area contributed by atoms with Gasteiger partial charge in [-0.25, -0.2) is 0 Å². The number of halogens is 2. The van der Waals surface area contributed by atoms with Gasteiger partial charge in [-0.3, -0.25) is 4.79 Å². The van der Waals surface area contributed by atoms with Gasteiger partial charge in [0.05, 0.1) is 23.3 Å². The predicted octanol–water partition coefficient (Wildman–Crippen LogP) is 4.30. The van der Waals surface area contributed by atoms with Crippen LogP contribution in [0.4, 0.5) is 0 Å². The lowest BCUT2D eigenvalue weighted by Gasteiger charge is -2.18. The minimum atomic E-state index is -0.189. The molecule has 0 aliphatic rings. The molecule has 0 aromatic heterocycles. The summed E-state index contributed by atoms with van der Waals surface area (Å²) in [6, 6.07) is 0. The van der Waals surface area contributed by atoms with Gasteiger partial charge >= 0.3 is 0 Å². The highest BCUT2D eigenvalue weighted by Crippen LogP contribution is 2.44. The zero-order chi connectivity index (χ0) is 13.9. The van der Waals surface area contributed by atoms with Crippen molar-refractivity contribution in [3.05, 3.63) is 21.2 Å². The van der Waals surface area contributed by atoms with Gasteiger partial charge in [0.1, 0.15) is 5.56 Å². The molecule has 0 aliphatic heterocycles. The van der Waals surface area contributed by atoms with Crippen LogP contribution in [0.3, 0.4) is 0 Å². The monoisotopic (exact) mass is 290 g/mol. The van der Waals surface area contributed by atoms with Crippen molar-refractivity contribution in [3.8, 4) is 11.5 Å². The number of carbonyl (C=O) groups is 1. The second-order valence-electron chi connectivity index (χ2n) is 3.71. The third-order valence-corrected chi connectivity index (χ3v) is 3.35. The number of benzene rings is 1. The molecule has 0 saturated heterocycles. The summed E-state index contributed by atoms with van der Waals surface area (Å²) in [4.78, 5) is 11.8. The lowest BCUT2D eigenvalue weighted by molar-refractivity contribution is 0.101. The van der Waals surface area contributed by atoms with Crippen molar-refractivity contribution in [2.75, 3.05) is 13.2 Å². The standard InChI is InChI=1S/C13H16Cl2O3/c1-5-17-12-9(8(4)16)13(18-6-2)11(15)7(3)10(12)14/h5-6H2,1-4H3. The Morgan fingerprint density at radius 2 is 1.44 bits per heavy atom. The van der Waals surface area contributed by atoms with Crippen molar-refractivity contribution in [2.24, 2.45) is 0 Å². The summed E-state index contributed by atoms with van der Waals surface area (Å²) < 4.78 is 10.9. The van der Waals surface area contributed by atoms with Crippen molar-refractivity contribution >= 4 is 29.0 Å². The molecule has 0 atom stereocenters. The maximum Gasteiger partial charge on any atom is 0.167 e. The zero-order valence-corrected chi connectivity index (χ0v) is 12.4. The van der Waals surface area contributed by atoms with E-state index in [2.05, 4.69) is 0 Å². The van der Waals surface area contributed by atoms with Gasteiger partial charge in [0, 0.05) is 0 Å². The van der Waals surface area contributed by atoms with Crippen LogP contribution in [-0.4, -0.2) is 19.0 Å². The highest BCUT2D eigenvalue weighted by molar-refractivity contribution is 6.39. The zero-order valence-electron chi connectivity index (χ0n) is 10.9. The van der Waals surface area contributed by atoms with Crippen LogP contribution in [0.5, 0.6) is 11.5 Å². The number of Topliss-reactive ketones (excluding diaryl/α,β-unsaturated/α-hetero) is 1. The molecule has 0 saturated carbocycles. The lowest BCUT2D eigenvalue weighted by Crippen LogP contribution is -2.07. The first-order chi connectivity index (χ1) is 8.45. The Balaban J connectivity index is 3.62. The molecule has 0 heterocycles. The molecule has 18 heavy (non-hydrogen) atoms. The Labute approximate surface area is 117 Å². The maximum absolute atomic E-state index is 11.8. The van der Waals surface area contributed by atoms with E-state index in [0.29, 0.717) is 45.9 Å². The molecule has 0 amide bonds. The number of ketones is 1. The van der Waals surface area contributed by atoms with Crippen LogP contribution in [0.25, 0.3) is 0 Å². The molecular formula is C13H16Cl2O3. The molecule has 0 spiro atoms. The number of hydrogen-bond acceptors (Lipinski definition) is 3. The van der Waals surface area contributed by atoms with Crippen molar-refractivity contribution in [2.45, 2.75) is 27.7 Å². The summed E-state index contributed by atoms with van der Waals surface area (Å²) in [6.45, 7) is 7.66. The minimum Gasteiger partial charge on any atom is -0.491 e. The third-order valence-electron chi connectivity index (χ3n) is 2.44. The van der Waals surface area contributed by atoms with E-state index in [1.165, 1.54) is 6.92 Å². The van der Waals surface area contributed by atoms with Crippen molar-refractivity contribution in [3.63, 3.8) is 0 Å². The average Bonchev–Trinajstić information content (AvgIpc) is 2.32. The summed E-state index contributed by atoms with van der Waals surface area (Å²) in [5.41, 5.74) is 0.953. The normalized spacial score (nSPS) is 10.3. The van der Waals surface area contributed by atoms with Gasteiger partial charge in [-0.05, 0) is 33.3 Å². The Morgan fingerprint density at radius 3 is 1.72 bits per heavy atom. The van der Waals surface area contributed by atoms with Crippen LogP contribution in [0.2, 0.25) is 10.0 Å². The Hall–Kier alpha value is -0.930. The molecule has 1 aromatic rings. The lowest BCUT2D eigenvalue weighted by atomic mass is 10.1. The van der Waals surface area contributed by atoms with E-state index in [0.717, 1.165) is 0 Å². The van der Waals surface area contributed by atoms with Gasteiger partial charge in [-0.1, -0.05) is 23.2 Å². The van der Waals surface area contributed by atoms with Gasteiger partial charge in [0.15, 0.2) is 17.3 Å². The fraction of sp³-hybridized carbons (Fsp3) is 0.462. The van der Waals surface area contributed by atoms with Crippen LogP contribution in [-0.2, 0) is 0 Å². The van der Waals surface area contributed by atoms with Gasteiger partial charge in [-0.15, -0.1) is 0 Å². The summed E-state index contributed by atoms with van der Waals surface area (Å²) in [5.74, 6) is 0.500. The SMILES string of the molecule is CCOc1c(Cl)c(C)c(Cl)c(OCC)c1C(C)=O. The number of rotatable bonds is 5. The smallest absolute Gasteiger partial charge is 0.167 e. The van der Waals surface area contributed by atoms with Gasteiger partial charge in [0.2, 0.25) is 0 Å². The molecule has 0 fully saturated rings. The molecule has 100 valence electrons. The molecule has 1 rings (SSSR count). The summed E-state index contributed by atoms with van der Waals surface area (Å²) >= 11 is 12.4. The van der Waals surface area contributed by atoms with Crippen LogP contribution >= 0.6 is 23.2 Å². The first-order valence-corrected chi connectivity index (χ1v) is 6.49. The van der Waals surface area contributed by atoms with E-state index in [1.54, 1.807) is 6.92 Å². The van der Waals surface area contributed by atoms with Crippen LogP contribution in [0, 0.1) is 6.92 Å². The van der Waals surface area contributed by atoms with E-state index >= 15 is 0 Å². The molecule has 1 aromatic carbocycles. The Morgan fingerprint density at radius 1 is 1.06 bits per heavy atom. The predicted molar refractivity (Wildman–Crippen MR) is 73.5 cm³/mol. The second-order valence-corrected chi connectivity index (χ2v) is 4.46. The molecule has 0 unspecified atom stereocenters. The average molecular weight is 291 g/mol. The van der Waals surface area contributed by atoms with Crippen molar-refractivity contribution < 1.29 is 14.3 Å². The molecule has 0 bridgehead atoms. The topological polar surface area (TPSA) is 35.5 Å². The minimum absolute atomic E-state index is 0.189. The van der Waals surface area contributed by atoms with Gasteiger partial charge in [0.25, 0.3) is 0 Å². The van der Waals surface area contributed by atoms with E-state index < -0.39 is 0 Å². The van der Waals surface area contributed by atoms with E-state index in [9.17, 15) is 4.79 Å². The Kier molecular flexibility index (Phi) is 5.29. The summed E-state index contributed by atoms with van der Waals surface area (Å²) in [7, 11) is 0. The van der Waals surface area contributed by atoms with Gasteiger partial charge in [-0.2, -0.15) is 0 Å². The summed E-state index contributed by atoms with van der Waals surface area (Å²) in [6.07, 6.45) is 0. The third kappa shape index (κ3) is 2.73. The fourth-order valence-electron chi connectivity index (χ4n) is 1.64. The highest BCUT2D eigenvalue weighted by Gasteiger charge is 2.25. The molecule has 0 radical (unpaired) electrons. The van der Waals surface area contributed by atoms with Gasteiger partial charge < -0.3 is 9.47 Å². The largest absolute Gasteiger partial charge is 0.491 e. The first-order valence-electron chi connectivity index (χ1n) is 5.73. The second kappa shape index (κ2) is 6.30. The van der Waals surface area contributed by atoms with E-state index in [-0.39, 0.29) is 5.78 Å². The van der Waals surface area contributed by atoms with E-state index in [1.807, 2.05) is 13.8 Å². The molecule has 5 heteroatoms. The fourth-order valence-corrected chi connectivity index (χ4v) is 2.17. The maximum atomic E-state index is 11.8. The molecular weight excluding hydrogens is 275 g/mol. The van der Waals surface area contributed by atoms with Crippen LogP contribution in [0.1, 0.15) is 36.7 Å². The summed E-state index contributed by atoms with van der Waals surface area (Å²) in [5, 5.41) is 0.714. The van der Waals surface area contributed by atoms with Crippen molar-refractivity contribution in [1.82, 2.24) is 0 Å². The Bertz CT molecular complexity index is 437. The first kappa shape index (κ1) is 15.1. The number of hydrogen-bond donors (Lipinski definition) is 0. The number of carbonyl (C=O) groups excluding carboxylic acids is 1. The van der Waals surface area contributed by atoms with E-state index in [4.69, 9.17) is 32.7 Å². The highest BCUT2D eigenvalue weighted by atomic mass is 35.5.